The molecular formula is C7H10ClNO2S. The van der Waals surface area contributed by atoms with Gasteiger partial charge in [-0.2, -0.15) is 0 Å². The molecule has 0 fully saturated rings. The third-order valence-electron chi connectivity index (χ3n) is 1.34. The molecule has 0 atom stereocenters. The first-order chi connectivity index (χ1) is 5.84. The Bertz CT molecular complexity index is 270. The SMILES string of the molecule is O=c1sccn1CCOCCCl. The van der Waals surface area contributed by atoms with Gasteiger partial charge < -0.3 is 9.30 Å². The zero-order chi connectivity index (χ0) is 8.81. The standard InChI is InChI=1S/C7H10ClNO2S/c8-1-4-11-5-2-9-3-6-12-7(9)10/h3,6H,1-2,4-5H2. The van der Waals surface area contributed by atoms with Gasteiger partial charge in [0.25, 0.3) is 0 Å². The van der Waals surface area contributed by atoms with E-state index in [2.05, 4.69) is 0 Å². The van der Waals surface area contributed by atoms with E-state index in [-0.39, 0.29) is 4.87 Å². The Morgan fingerprint density at radius 2 is 2.42 bits per heavy atom. The fraction of sp³-hybridized carbons (Fsp3) is 0.571. The van der Waals surface area contributed by atoms with Crippen molar-refractivity contribution in [3.63, 3.8) is 0 Å². The van der Waals surface area contributed by atoms with Crippen molar-refractivity contribution in [3.8, 4) is 0 Å². The summed E-state index contributed by atoms with van der Waals surface area (Å²) in [5, 5.41) is 1.77. The maximum Gasteiger partial charge on any atom is 0.307 e. The van der Waals surface area contributed by atoms with Gasteiger partial charge in [0.2, 0.25) is 0 Å². The molecule has 1 rings (SSSR count). The van der Waals surface area contributed by atoms with Crippen LogP contribution in [0.4, 0.5) is 0 Å². The number of aromatic nitrogens is 1. The van der Waals surface area contributed by atoms with Gasteiger partial charge >= 0.3 is 4.87 Å². The van der Waals surface area contributed by atoms with Gasteiger partial charge in [-0.25, -0.2) is 0 Å². The third-order valence-corrected chi connectivity index (χ3v) is 2.19. The van der Waals surface area contributed by atoms with Gasteiger partial charge in [-0.05, 0) is 0 Å². The van der Waals surface area contributed by atoms with E-state index in [0.29, 0.717) is 25.6 Å². The van der Waals surface area contributed by atoms with Crippen LogP contribution in [-0.2, 0) is 11.3 Å². The van der Waals surface area contributed by atoms with Crippen LogP contribution in [0.2, 0.25) is 0 Å². The fourth-order valence-electron chi connectivity index (χ4n) is 0.776. The van der Waals surface area contributed by atoms with Crippen LogP contribution in [0.15, 0.2) is 16.4 Å². The van der Waals surface area contributed by atoms with Gasteiger partial charge in [-0.1, -0.05) is 11.3 Å². The van der Waals surface area contributed by atoms with Crippen LogP contribution in [0, 0.1) is 0 Å². The summed E-state index contributed by atoms with van der Waals surface area (Å²) in [7, 11) is 0. The molecule has 1 aromatic rings. The lowest BCUT2D eigenvalue weighted by Crippen LogP contribution is -2.15. The highest BCUT2D eigenvalue weighted by Crippen LogP contribution is 1.89. The van der Waals surface area contributed by atoms with E-state index >= 15 is 0 Å². The normalized spacial score (nSPS) is 10.4. The zero-order valence-corrected chi connectivity index (χ0v) is 8.11. The largest absolute Gasteiger partial charge is 0.378 e. The first-order valence-electron chi connectivity index (χ1n) is 3.62. The van der Waals surface area contributed by atoms with Crippen molar-refractivity contribution in [1.82, 2.24) is 4.57 Å². The minimum absolute atomic E-state index is 0.0597. The van der Waals surface area contributed by atoms with Crippen molar-refractivity contribution in [3.05, 3.63) is 21.2 Å². The molecule has 0 aromatic carbocycles. The molecule has 0 amide bonds. The molecule has 0 aliphatic rings. The summed E-state index contributed by atoms with van der Waals surface area (Å²) in [5.41, 5.74) is 0. The van der Waals surface area contributed by atoms with Crippen molar-refractivity contribution in [1.29, 1.82) is 0 Å². The number of hydrogen-bond acceptors (Lipinski definition) is 3. The molecule has 0 saturated carbocycles. The van der Waals surface area contributed by atoms with Gasteiger partial charge in [0.05, 0.1) is 13.2 Å². The molecule has 0 unspecified atom stereocenters. The molecule has 1 aromatic heterocycles. The second kappa shape index (κ2) is 5.35. The summed E-state index contributed by atoms with van der Waals surface area (Å²) >= 11 is 6.60. The van der Waals surface area contributed by atoms with Gasteiger partial charge in [-0.15, -0.1) is 11.6 Å². The summed E-state index contributed by atoms with van der Waals surface area (Å²) in [6, 6.07) is 0. The summed E-state index contributed by atoms with van der Waals surface area (Å²) in [6.07, 6.45) is 1.76. The van der Waals surface area contributed by atoms with Crippen molar-refractivity contribution >= 4 is 22.9 Å². The Morgan fingerprint density at radius 1 is 1.58 bits per heavy atom. The second-order valence-electron chi connectivity index (χ2n) is 2.16. The number of alkyl halides is 1. The van der Waals surface area contributed by atoms with Gasteiger partial charge in [0.15, 0.2) is 0 Å². The topological polar surface area (TPSA) is 31.2 Å². The Hall–Kier alpha value is -0.320. The highest BCUT2D eigenvalue weighted by atomic mass is 35.5. The molecule has 0 N–H and O–H groups in total. The third kappa shape index (κ3) is 2.97. The predicted molar refractivity (Wildman–Crippen MR) is 50.1 cm³/mol. The van der Waals surface area contributed by atoms with E-state index < -0.39 is 0 Å². The lowest BCUT2D eigenvalue weighted by molar-refractivity contribution is 0.140. The van der Waals surface area contributed by atoms with Gasteiger partial charge in [-0.3, -0.25) is 4.79 Å². The van der Waals surface area contributed by atoms with Crippen molar-refractivity contribution in [2.24, 2.45) is 0 Å². The van der Waals surface area contributed by atoms with E-state index in [1.807, 2.05) is 0 Å². The molecule has 0 spiro atoms. The first kappa shape index (κ1) is 9.77. The van der Waals surface area contributed by atoms with E-state index in [1.165, 1.54) is 11.3 Å². The molecule has 12 heavy (non-hydrogen) atoms. The minimum Gasteiger partial charge on any atom is -0.378 e. The molecule has 0 bridgehead atoms. The van der Waals surface area contributed by atoms with Crippen LogP contribution in [0.25, 0.3) is 0 Å². The summed E-state index contributed by atoms with van der Waals surface area (Å²) in [5.74, 6) is 0.499. The van der Waals surface area contributed by atoms with Crippen LogP contribution in [-0.4, -0.2) is 23.7 Å². The highest BCUT2D eigenvalue weighted by molar-refractivity contribution is 7.07. The molecular weight excluding hydrogens is 198 g/mol. The van der Waals surface area contributed by atoms with E-state index in [0.717, 1.165) is 0 Å². The predicted octanol–water partition coefficient (Wildman–Crippen LogP) is 1.17. The quantitative estimate of drug-likeness (QED) is 0.536. The van der Waals surface area contributed by atoms with E-state index in [1.54, 1.807) is 16.1 Å². The smallest absolute Gasteiger partial charge is 0.307 e. The Balaban J connectivity index is 2.24. The number of nitrogens with zero attached hydrogens (tertiary/aromatic N) is 1. The molecule has 0 saturated heterocycles. The number of rotatable bonds is 5. The van der Waals surface area contributed by atoms with Crippen molar-refractivity contribution in [2.75, 3.05) is 19.1 Å². The van der Waals surface area contributed by atoms with Crippen LogP contribution in [0.3, 0.4) is 0 Å². The maximum atomic E-state index is 11.0. The molecule has 0 aliphatic heterocycles. The van der Waals surface area contributed by atoms with Crippen LogP contribution in [0.5, 0.6) is 0 Å². The first-order valence-corrected chi connectivity index (χ1v) is 5.03. The Morgan fingerprint density at radius 3 is 3.00 bits per heavy atom. The molecule has 5 heteroatoms. The lowest BCUT2D eigenvalue weighted by Gasteiger charge is -2.01. The van der Waals surface area contributed by atoms with Gasteiger partial charge in [0.1, 0.15) is 0 Å². The Labute approximate surface area is 79.5 Å². The molecule has 68 valence electrons. The average molecular weight is 208 g/mol. The number of thiazole rings is 1. The number of ether oxygens (including phenoxy) is 1. The molecule has 0 radical (unpaired) electrons. The monoisotopic (exact) mass is 207 g/mol. The fourth-order valence-corrected chi connectivity index (χ4v) is 1.50. The summed E-state index contributed by atoms with van der Waals surface area (Å²) < 4.78 is 6.75. The maximum absolute atomic E-state index is 11.0. The zero-order valence-electron chi connectivity index (χ0n) is 6.53. The van der Waals surface area contributed by atoms with Crippen molar-refractivity contribution < 1.29 is 4.74 Å². The highest BCUT2D eigenvalue weighted by Gasteiger charge is 1.94. The molecule has 0 aliphatic carbocycles. The number of hydrogen-bond donors (Lipinski definition) is 0. The molecule has 1 heterocycles. The van der Waals surface area contributed by atoms with E-state index in [4.69, 9.17) is 16.3 Å². The lowest BCUT2D eigenvalue weighted by atomic mass is 10.6. The van der Waals surface area contributed by atoms with Crippen LogP contribution in [0.1, 0.15) is 0 Å². The summed E-state index contributed by atoms with van der Waals surface area (Å²) in [6.45, 7) is 1.70. The van der Waals surface area contributed by atoms with Gasteiger partial charge in [0, 0.05) is 24.0 Å². The second-order valence-corrected chi connectivity index (χ2v) is 3.40. The average Bonchev–Trinajstić information content (AvgIpc) is 2.46. The summed E-state index contributed by atoms with van der Waals surface area (Å²) in [4.78, 5) is 11.0. The minimum atomic E-state index is 0.0597. The van der Waals surface area contributed by atoms with Crippen LogP contribution >= 0.6 is 22.9 Å². The van der Waals surface area contributed by atoms with Crippen molar-refractivity contribution in [2.45, 2.75) is 6.54 Å². The Kier molecular flexibility index (Phi) is 4.35. The van der Waals surface area contributed by atoms with Crippen LogP contribution < -0.4 is 4.87 Å². The molecule has 3 nitrogen and oxygen atoms in total. The van der Waals surface area contributed by atoms with E-state index in [9.17, 15) is 4.79 Å². The number of halogens is 1.